The van der Waals surface area contributed by atoms with Gasteiger partial charge in [0.15, 0.2) is 11.5 Å². The maximum absolute atomic E-state index is 10.4. The van der Waals surface area contributed by atoms with Crippen LogP contribution in [-0.2, 0) is 11.2 Å². The fourth-order valence-corrected chi connectivity index (χ4v) is 1.97. The van der Waals surface area contributed by atoms with Gasteiger partial charge in [-0.2, -0.15) is 0 Å². The Labute approximate surface area is 107 Å². The fourth-order valence-electron chi connectivity index (χ4n) is 1.97. The summed E-state index contributed by atoms with van der Waals surface area (Å²) in [7, 11) is 0. The van der Waals surface area contributed by atoms with E-state index in [0.717, 1.165) is 30.8 Å². The number of benzene rings is 1. The highest BCUT2D eigenvalue weighted by atomic mass is 16.5. The van der Waals surface area contributed by atoms with Gasteiger partial charge >= 0.3 is 5.97 Å². The van der Waals surface area contributed by atoms with Crippen LogP contribution in [0.1, 0.15) is 31.2 Å². The first-order valence-corrected chi connectivity index (χ1v) is 6.36. The summed E-state index contributed by atoms with van der Waals surface area (Å²) in [5.41, 5.74) is 1.17. The van der Waals surface area contributed by atoms with Gasteiger partial charge in [-0.15, -0.1) is 0 Å². The number of carboxylic acid groups (broad SMARTS) is 1. The van der Waals surface area contributed by atoms with Crippen LogP contribution in [0.2, 0.25) is 0 Å². The number of aliphatic carboxylic acids is 1. The number of ether oxygens (including phenoxy) is 2. The Morgan fingerprint density at radius 3 is 2.72 bits per heavy atom. The van der Waals surface area contributed by atoms with E-state index in [4.69, 9.17) is 14.6 Å². The van der Waals surface area contributed by atoms with E-state index in [1.54, 1.807) is 0 Å². The Balaban J connectivity index is 1.89. The molecule has 0 aliphatic carbocycles. The molecular formula is C14H18O4. The topological polar surface area (TPSA) is 55.8 Å². The van der Waals surface area contributed by atoms with E-state index >= 15 is 0 Å². The number of aryl methyl sites for hydroxylation is 1. The first-order chi connectivity index (χ1) is 8.75. The van der Waals surface area contributed by atoms with Crippen LogP contribution in [-0.4, -0.2) is 24.3 Å². The van der Waals surface area contributed by atoms with E-state index in [2.05, 4.69) is 0 Å². The number of rotatable bonds is 5. The molecule has 1 N–H and O–H groups in total. The highest BCUT2D eigenvalue weighted by Gasteiger charge is 2.10. The van der Waals surface area contributed by atoms with Crippen LogP contribution in [0.25, 0.3) is 0 Å². The molecule has 18 heavy (non-hydrogen) atoms. The molecule has 4 nitrogen and oxygen atoms in total. The van der Waals surface area contributed by atoms with Crippen molar-refractivity contribution in [2.24, 2.45) is 0 Å². The van der Waals surface area contributed by atoms with E-state index < -0.39 is 5.97 Å². The molecule has 2 rings (SSSR count). The van der Waals surface area contributed by atoms with Crippen molar-refractivity contribution in [2.45, 2.75) is 32.1 Å². The second kappa shape index (κ2) is 6.28. The third kappa shape index (κ3) is 3.65. The molecule has 0 aromatic heterocycles. The molecule has 0 fully saturated rings. The number of fused-ring (bicyclic) bond motifs is 1. The van der Waals surface area contributed by atoms with E-state index in [0.29, 0.717) is 19.6 Å². The molecule has 0 bridgehead atoms. The molecule has 0 amide bonds. The van der Waals surface area contributed by atoms with Crippen LogP contribution in [0.5, 0.6) is 11.5 Å². The molecule has 0 spiro atoms. The lowest BCUT2D eigenvalue weighted by Crippen LogP contribution is -1.97. The van der Waals surface area contributed by atoms with Crippen molar-refractivity contribution in [1.82, 2.24) is 0 Å². The van der Waals surface area contributed by atoms with E-state index in [1.165, 1.54) is 5.56 Å². The largest absolute Gasteiger partial charge is 0.490 e. The van der Waals surface area contributed by atoms with Crippen LogP contribution in [0.3, 0.4) is 0 Å². The quantitative estimate of drug-likeness (QED) is 0.816. The molecule has 0 unspecified atom stereocenters. The minimum atomic E-state index is -0.728. The Bertz CT molecular complexity index is 414. The summed E-state index contributed by atoms with van der Waals surface area (Å²) in [6, 6.07) is 5.96. The zero-order valence-corrected chi connectivity index (χ0v) is 10.4. The van der Waals surface area contributed by atoms with E-state index in [1.807, 2.05) is 18.2 Å². The summed E-state index contributed by atoms with van der Waals surface area (Å²) >= 11 is 0. The first-order valence-electron chi connectivity index (χ1n) is 6.36. The van der Waals surface area contributed by atoms with Crippen LogP contribution >= 0.6 is 0 Å². The number of hydrogen-bond donors (Lipinski definition) is 1. The van der Waals surface area contributed by atoms with Crippen LogP contribution in [0.4, 0.5) is 0 Å². The van der Waals surface area contributed by atoms with Gasteiger partial charge in [0.25, 0.3) is 0 Å². The number of hydrogen-bond acceptors (Lipinski definition) is 3. The van der Waals surface area contributed by atoms with Crippen molar-refractivity contribution >= 4 is 5.97 Å². The molecule has 4 heteroatoms. The fraction of sp³-hybridized carbons (Fsp3) is 0.500. The maximum atomic E-state index is 10.4. The Hall–Kier alpha value is -1.71. The molecule has 0 saturated heterocycles. The molecule has 0 radical (unpaired) electrons. The van der Waals surface area contributed by atoms with Crippen LogP contribution in [0.15, 0.2) is 18.2 Å². The van der Waals surface area contributed by atoms with Gasteiger partial charge in [-0.25, -0.2) is 0 Å². The zero-order valence-electron chi connectivity index (χ0n) is 10.4. The van der Waals surface area contributed by atoms with Gasteiger partial charge in [-0.3, -0.25) is 4.79 Å². The van der Waals surface area contributed by atoms with Gasteiger partial charge in [-0.1, -0.05) is 6.07 Å². The van der Waals surface area contributed by atoms with Gasteiger partial charge in [0, 0.05) is 12.8 Å². The minimum Gasteiger partial charge on any atom is -0.490 e. The zero-order chi connectivity index (χ0) is 12.8. The Morgan fingerprint density at radius 1 is 1.17 bits per heavy atom. The average molecular weight is 250 g/mol. The molecule has 1 aliphatic rings. The van der Waals surface area contributed by atoms with Crippen LogP contribution in [0, 0.1) is 0 Å². The number of unbranched alkanes of at least 4 members (excludes halogenated alkanes) is 1. The summed E-state index contributed by atoms with van der Waals surface area (Å²) in [4.78, 5) is 10.4. The molecule has 1 aromatic carbocycles. The van der Waals surface area contributed by atoms with Gasteiger partial charge in [0.05, 0.1) is 13.2 Å². The van der Waals surface area contributed by atoms with Gasteiger partial charge in [0.2, 0.25) is 0 Å². The summed E-state index contributed by atoms with van der Waals surface area (Å²) < 4.78 is 11.2. The highest BCUT2D eigenvalue weighted by Crippen LogP contribution is 2.30. The molecule has 98 valence electrons. The lowest BCUT2D eigenvalue weighted by molar-refractivity contribution is -0.137. The second-order valence-corrected chi connectivity index (χ2v) is 4.43. The van der Waals surface area contributed by atoms with Gasteiger partial charge < -0.3 is 14.6 Å². The number of carbonyl (C=O) groups is 1. The van der Waals surface area contributed by atoms with E-state index in [9.17, 15) is 4.79 Å². The summed E-state index contributed by atoms with van der Waals surface area (Å²) in [5.74, 6) is 0.888. The third-order valence-corrected chi connectivity index (χ3v) is 2.92. The van der Waals surface area contributed by atoms with Gasteiger partial charge in [0.1, 0.15) is 0 Å². The molecule has 1 aliphatic heterocycles. The molecule has 1 heterocycles. The van der Waals surface area contributed by atoms with Crippen molar-refractivity contribution in [1.29, 1.82) is 0 Å². The smallest absolute Gasteiger partial charge is 0.303 e. The van der Waals surface area contributed by atoms with Crippen molar-refractivity contribution in [3.05, 3.63) is 23.8 Å². The van der Waals surface area contributed by atoms with Crippen molar-refractivity contribution in [3.8, 4) is 11.5 Å². The molecule has 1 aromatic rings. The van der Waals surface area contributed by atoms with Crippen molar-refractivity contribution in [3.63, 3.8) is 0 Å². The Kier molecular flexibility index (Phi) is 4.45. The standard InChI is InChI=1S/C14H18O4/c15-14(16)5-2-1-4-11-6-7-12-13(10-11)18-9-3-8-17-12/h6-7,10H,1-5,8-9H2,(H,15,16). The monoisotopic (exact) mass is 250 g/mol. The van der Waals surface area contributed by atoms with Gasteiger partial charge in [-0.05, 0) is 37.0 Å². The Morgan fingerprint density at radius 2 is 1.94 bits per heavy atom. The lowest BCUT2D eigenvalue weighted by Gasteiger charge is -2.09. The van der Waals surface area contributed by atoms with E-state index in [-0.39, 0.29) is 6.42 Å². The predicted octanol–water partition coefficient (Wildman–Crippen LogP) is 2.65. The van der Waals surface area contributed by atoms with Crippen molar-refractivity contribution in [2.75, 3.05) is 13.2 Å². The minimum absolute atomic E-state index is 0.241. The normalized spacial score (nSPS) is 14.0. The summed E-state index contributed by atoms with van der Waals surface area (Å²) in [5, 5.41) is 8.56. The SMILES string of the molecule is O=C(O)CCCCc1ccc2c(c1)OCCCO2. The second-order valence-electron chi connectivity index (χ2n) is 4.43. The first kappa shape index (κ1) is 12.7. The maximum Gasteiger partial charge on any atom is 0.303 e. The predicted molar refractivity (Wildman–Crippen MR) is 67.2 cm³/mol. The number of carboxylic acids is 1. The highest BCUT2D eigenvalue weighted by molar-refractivity contribution is 5.66. The molecule has 0 saturated carbocycles. The average Bonchev–Trinajstić information content (AvgIpc) is 2.59. The van der Waals surface area contributed by atoms with Crippen LogP contribution < -0.4 is 9.47 Å². The summed E-state index contributed by atoms with van der Waals surface area (Å²) in [6.07, 6.45) is 3.62. The lowest BCUT2D eigenvalue weighted by atomic mass is 10.1. The molecular weight excluding hydrogens is 232 g/mol. The third-order valence-electron chi connectivity index (χ3n) is 2.92. The van der Waals surface area contributed by atoms with Crippen molar-refractivity contribution < 1.29 is 19.4 Å². The summed E-state index contributed by atoms with van der Waals surface area (Å²) in [6.45, 7) is 1.39. The molecule has 0 atom stereocenters.